The number of hydrogen-bond acceptors (Lipinski definition) is 9. The van der Waals surface area contributed by atoms with Crippen LogP contribution in [0.25, 0.3) is 5.76 Å². The van der Waals surface area contributed by atoms with Crippen LogP contribution >= 0.6 is 0 Å². The van der Waals surface area contributed by atoms with Crippen LogP contribution in [0, 0.1) is 11.8 Å². The summed E-state index contributed by atoms with van der Waals surface area (Å²) in [6.45, 7) is 0.702. The number of aromatic hydroxyl groups is 1. The molecule has 1 aromatic rings. The van der Waals surface area contributed by atoms with Gasteiger partial charge in [-0.2, -0.15) is 0 Å². The Hall–Kier alpha value is -3.41. The van der Waals surface area contributed by atoms with Gasteiger partial charge in [0.15, 0.2) is 11.4 Å². The number of likely N-dealkylation sites (N-methyl/N-ethyl adjacent to an activating group) is 2. The van der Waals surface area contributed by atoms with Gasteiger partial charge in [-0.3, -0.25) is 19.3 Å². The lowest BCUT2D eigenvalue weighted by Gasteiger charge is -2.50. The van der Waals surface area contributed by atoms with Gasteiger partial charge in [-0.25, -0.2) is 0 Å². The van der Waals surface area contributed by atoms with Crippen molar-refractivity contribution in [1.82, 2.24) is 4.90 Å². The summed E-state index contributed by atoms with van der Waals surface area (Å²) in [6.07, 6.45) is 0.821. The monoisotopic (exact) mass is 543 g/mol. The molecule has 11 heteroatoms. The average molecular weight is 544 g/mol. The highest BCUT2D eigenvalue weighted by atomic mass is 16.3. The lowest BCUT2D eigenvalue weighted by atomic mass is 9.57. The van der Waals surface area contributed by atoms with Crippen molar-refractivity contribution in [2.75, 3.05) is 60.8 Å². The summed E-state index contributed by atoms with van der Waals surface area (Å²) in [6, 6.07) is 0.783. The topological polar surface area (TPSA) is 165 Å². The fourth-order valence-electron chi connectivity index (χ4n) is 6.39. The molecule has 0 heterocycles. The first-order valence-corrected chi connectivity index (χ1v) is 12.9. The summed E-state index contributed by atoms with van der Waals surface area (Å²) in [5.74, 6) is -6.45. The van der Waals surface area contributed by atoms with E-state index in [0.29, 0.717) is 28.6 Å². The number of primary amides is 1. The maximum Gasteiger partial charge on any atom is 0.255 e. The van der Waals surface area contributed by atoms with Crippen LogP contribution in [0.4, 0.5) is 5.69 Å². The van der Waals surface area contributed by atoms with Gasteiger partial charge >= 0.3 is 0 Å². The molecule has 1 amide bonds. The number of nitrogens with two attached hydrogens (primary N) is 1. The second kappa shape index (κ2) is 9.35. The van der Waals surface area contributed by atoms with Gasteiger partial charge in [0.1, 0.15) is 22.8 Å². The number of nitrogens with zero attached hydrogens (tertiary/aromatic N) is 3. The number of aliphatic hydroxyl groups excluding tert-OH is 2. The number of benzene rings is 1. The number of ketones is 2. The molecule has 1 aromatic carbocycles. The molecule has 0 saturated heterocycles. The Bertz CT molecular complexity index is 1340. The minimum atomic E-state index is -2.65. The third-order valence-electron chi connectivity index (χ3n) is 8.31. The third kappa shape index (κ3) is 4.29. The zero-order valence-corrected chi connectivity index (χ0v) is 23.6. The molecule has 3 aliphatic rings. The molecule has 39 heavy (non-hydrogen) atoms. The Morgan fingerprint density at radius 3 is 2.26 bits per heavy atom. The number of anilines is 1. The van der Waals surface area contributed by atoms with E-state index in [2.05, 4.69) is 0 Å². The quantitative estimate of drug-likeness (QED) is 0.250. The summed E-state index contributed by atoms with van der Waals surface area (Å²) >= 11 is 0. The minimum absolute atomic E-state index is 0.0582. The lowest BCUT2D eigenvalue weighted by Crippen LogP contribution is -2.65. The number of hydrogen-bond donors (Lipinski definition) is 5. The molecule has 3 aliphatic carbocycles. The van der Waals surface area contributed by atoms with Crippen LogP contribution in [-0.4, -0.2) is 115 Å². The number of fused-ring (bicyclic) bond motifs is 3. The summed E-state index contributed by atoms with van der Waals surface area (Å²) in [5.41, 5.74) is 3.91. The fourth-order valence-corrected chi connectivity index (χ4v) is 6.39. The number of quaternary nitrogens is 1. The molecular formula is C28H39N4O7+. The van der Waals surface area contributed by atoms with Crippen molar-refractivity contribution in [1.29, 1.82) is 0 Å². The largest absolute Gasteiger partial charge is 0.508 e. The van der Waals surface area contributed by atoms with E-state index in [1.54, 1.807) is 14.1 Å². The highest BCUT2D eigenvalue weighted by Gasteiger charge is 2.64. The first-order valence-electron chi connectivity index (χ1n) is 12.9. The summed E-state index contributed by atoms with van der Waals surface area (Å²) in [4.78, 5) is 42.7. The molecule has 0 bridgehead atoms. The summed E-state index contributed by atoms with van der Waals surface area (Å²) < 4.78 is 0.648. The minimum Gasteiger partial charge on any atom is -0.508 e. The molecule has 0 spiro atoms. The molecule has 1 fully saturated rings. The zero-order chi connectivity index (χ0) is 29.4. The van der Waals surface area contributed by atoms with Crippen LogP contribution in [-0.2, 0) is 27.2 Å². The van der Waals surface area contributed by atoms with Gasteiger partial charge in [0, 0.05) is 43.3 Å². The van der Waals surface area contributed by atoms with Crippen molar-refractivity contribution in [3.8, 4) is 5.75 Å². The first kappa shape index (κ1) is 28.6. The SMILES string of the molecule is CN(C)c1cc(CC[N+](C)(C)C)c(O)c2c1C[C@H]1C[C@H]3[C@H](N(C)C)C(=O)C(C(N)=O)=C(O)[C@@]3(O)C(=O)C1=C2O. The molecular weight excluding hydrogens is 504 g/mol. The van der Waals surface area contributed by atoms with E-state index in [0.717, 1.165) is 5.69 Å². The fraction of sp³-hybridized carbons (Fsp3) is 0.536. The standard InChI is InChI=1S/C28H38N4O7/c1-30(2)17-12-13(8-9-32(5,6)7)22(33)19-15(17)10-14-11-16-21(31(3)4)24(35)20(27(29)38)26(37)28(16,39)25(36)18(14)23(19)34/h12,14,16,21,39H,8-11H2,1-7H3,(H4-,29,33,34,35,36,37,38)/p+1/t14-,16-,21-,28-/m0/s1. The first-order chi connectivity index (χ1) is 17.9. The smallest absolute Gasteiger partial charge is 0.255 e. The van der Waals surface area contributed by atoms with Crippen molar-refractivity contribution in [3.05, 3.63) is 39.7 Å². The van der Waals surface area contributed by atoms with E-state index >= 15 is 0 Å². The number of Topliss-reactive ketones (excluding diaryl/α,β-unsaturated/α-hetero) is 2. The van der Waals surface area contributed by atoms with Crippen LogP contribution in [0.2, 0.25) is 0 Å². The molecule has 1 saturated carbocycles. The Morgan fingerprint density at radius 2 is 1.74 bits per heavy atom. The number of aliphatic hydroxyl groups is 3. The normalized spacial score (nSPS) is 26.9. The predicted octanol–water partition coefficient (Wildman–Crippen LogP) is 0.279. The molecule has 6 N–H and O–H groups in total. The van der Waals surface area contributed by atoms with Crippen molar-refractivity contribution in [2.45, 2.75) is 30.9 Å². The van der Waals surface area contributed by atoms with Gasteiger partial charge in [0.25, 0.3) is 5.91 Å². The van der Waals surface area contributed by atoms with E-state index in [1.165, 1.54) is 4.90 Å². The van der Waals surface area contributed by atoms with E-state index in [1.807, 2.05) is 46.2 Å². The lowest BCUT2D eigenvalue weighted by molar-refractivity contribution is -0.870. The molecule has 0 unspecified atom stereocenters. The number of carbonyl (C=O) groups is 3. The number of phenols is 1. The third-order valence-corrected chi connectivity index (χ3v) is 8.31. The summed E-state index contributed by atoms with van der Waals surface area (Å²) in [7, 11) is 12.9. The van der Waals surface area contributed by atoms with Crippen molar-refractivity contribution in [2.24, 2.45) is 17.6 Å². The zero-order valence-electron chi connectivity index (χ0n) is 23.6. The van der Waals surface area contributed by atoms with E-state index in [-0.39, 0.29) is 29.7 Å². The van der Waals surface area contributed by atoms with Gasteiger partial charge in [0.2, 0.25) is 5.78 Å². The van der Waals surface area contributed by atoms with Crippen LogP contribution in [0.15, 0.2) is 23.0 Å². The van der Waals surface area contributed by atoms with Crippen LogP contribution in [0.3, 0.4) is 0 Å². The van der Waals surface area contributed by atoms with Gasteiger partial charge in [-0.15, -0.1) is 0 Å². The molecule has 11 nitrogen and oxygen atoms in total. The summed E-state index contributed by atoms with van der Waals surface area (Å²) in [5, 5.41) is 45.6. The Balaban J connectivity index is 1.96. The molecule has 0 aliphatic heterocycles. The molecule has 0 aromatic heterocycles. The number of rotatable bonds is 6. The number of amides is 1. The Labute approximate surface area is 228 Å². The van der Waals surface area contributed by atoms with E-state index < -0.39 is 58.0 Å². The maximum absolute atomic E-state index is 14.0. The number of phenolic OH excluding ortho intramolecular Hbond substituents is 1. The molecule has 212 valence electrons. The number of carbonyl (C=O) groups excluding carboxylic acids is 3. The van der Waals surface area contributed by atoms with E-state index in [9.17, 15) is 34.8 Å². The second-order valence-electron chi connectivity index (χ2n) is 12.4. The maximum atomic E-state index is 14.0. The second-order valence-corrected chi connectivity index (χ2v) is 12.4. The van der Waals surface area contributed by atoms with Crippen LogP contribution in [0.1, 0.15) is 23.1 Å². The van der Waals surface area contributed by atoms with Crippen molar-refractivity contribution < 1.29 is 39.3 Å². The molecule has 4 rings (SSSR count). The van der Waals surface area contributed by atoms with Crippen LogP contribution < -0.4 is 10.6 Å². The Kier molecular flexibility index (Phi) is 6.86. The highest BCUT2D eigenvalue weighted by molar-refractivity contribution is 6.24. The average Bonchev–Trinajstić information content (AvgIpc) is 2.79. The Morgan fingerprint density at radius 1 is 1.13 bits per heavy atom. The molecule has 4 atom stereocenters. The molecule has 0 radical (unpaired) electrons. The van der Waals surface area contributed by atoms with Gasteiger partial charge in [-0.1, -0.05) is 0 Å². The van der Waals surface area contributed by atoms with Gasteiger partial charge in [-0.05, 0) is 44.5 Å². The van der Waals surface area contributed by atoms with Crippen molar-refractivity contribution >= 4 is 28.9 Å². The van der Waals surface area contributed by atoms with Crippen molar-refractivity contribution in [3.63, 3.8) is 0 Å². The predicted molar refractivity (Wildman–Crippen MR) is 145 cm³/mol. The van der Waals surface area contributed by atoms with Gasteiger partial charge < -0.3 is 35.5 Å². The van der Waals surface area contributed by atoms with Gasteiger partial charge in [0.05, 0.1) is 39.3 Å². The highest BCUT2D eigenvalue weighted by Crippen LogP contribution is 2.54. The van der Waals surface area contributed by atoms with Crippen LogP contribution in [0.5, 0.6) is 5.75 Å². The van der Waals surface area contributed by atoms with E-state index in [4.69, 9.17) is 5.73 Å².